The lowest BCUT2D eigenvalue weighted by Gasteiger charge is -2.14. The number of aromatic nitrogens is 3. The molecule has 0 fully saturated rings. The summed E-state index contributed by atoms with van der Waals surface area (Å²) in [4.78, 5) is 24.8. The van der Waals surface area contributed by atoms with E-state index in [2.05, 4.69) is 20.8 Å². The number of carbonyl (C=O) groups excluding carboxylic acids is 2. The van der Waals surface area contributed by atoms with E-state index in [9.17, 15) is 22.8 Å². The predicted octanol–water partition coefficient (Wildman–Crippen LogP) is 4.36. The molecule has 0 saturated carbocycles. The molecule has 3 aromatic rings. The first-order chi connectivity index (χ1) is 15.6. The number of halogens is 3. The maximum Gasteiger partial charge on any atom is 0.416 e. The van der Waals surface area contributed by atoms with Crippen molar-refractivity contribution in [1.82, 2.24) is 20.1 Å². The third kappa shape index (κ3) is 6.13. The fourth-order valence-electron chi connectivity index (χ4n) is 3.10. The Morgan fingerprint density at radius 1 is 1.12 bits per heavy atom. The van der Waals surface area contributed by atoms with Gasteiger partial charge in [-0.1, -0.05) is 36.0 Å². The number of anilines is 1. The van der Waals surface area contributed by atoms with E-state index in [1.54, 1.807) is 30.7 Å². The molecule has 11 heteroatoms. The van der Waals surface area contributed by atoms with Gasteiger partial charge >= 0.3 is 6.18 Å². The highest BCUT2D eigenvalue weighted by Gasteiger charge is 2.30. The van der Waals surface area contributed by atoms with E-state index in [-0.39, 0.29) is 17.3 Å². The molecule has 0 aliphatic carbocycles. The van der Waals surface area contributed by atoms with Gasteiger partial charge in [-0.05, 0) is 43.7 Å². The lowest BCUT2D eigenvalue weighted by atomic mass is 10.1. The maximum atomic E-state index is 12.8. The zero-order chi connectivity index (χ0) is 24.2. The van der Waals surface area contributed by atoms with Crippen molar-refractivity contribution in [1.29, 1.82) is 0 Å². The first kappa shape index (κ1) is 24.3. The van der Waals surface area contributed by atoms with Crippen LogP contribution in [0.3, 0.4) is 0 Å². The summed E-state index contributed by atoms with van der Waals surface area (Å²) in [5.74, 6) is -0.299. The number of nitrogens with zero attached hydrogens (tertiary/aromatic N) is 3. The fourth-order valence-corrected chi connectivity index (χ4v) is 3.81. The van der Waals surface area contributed by atoms with Crippen LogP contribution in [-0.4, -0.2) is 32.3 Å². The number of amides is 2. The topological polar surface area (TPSA) is 88.9 Å². The van der Waals surface area contributed by atoms with Crippen LogP contribution in [-0.2, 0) is 18.0 Å². The minimum atomic E-state index is -4.49. The van der Waals surface area contributed by atoms with Crippen molar-refractivity contribution < 1.29 is 22.8 Å². The van der Waals surface area contributed by atoms with Crippen LogP contribution in [0.25, 0.3) is 0 Å². The van der Waals surface area contributed by atoms with Gasteiger partial charge in [0, 0.05) is 18.3 Å². The van der Waals surface area contributed by atoms with Crippen LogP contribution < -0.4 is 10.6 Å². The zero-order valence-corrected chi connectivity index (χ0v) is 18.9. The average Bonchev–Trinajstić information content (AvgIpc) is 3.12. The largest absolute Gasteiger partial charge is 0.416 e. The van der Waals surface area contributed by atoms with Crippen LogP contribution in [0.1, 0.15) is 40.3 Å². The van der Waals surface area contributed by atoms with Gasteiger partial charge in [0.25, 0.3) is 5.91 Å². The Bertz CT molecular complexity index is 1160. The monoisotopic (exact) mass is 477 g/mol. The van der Waals surface area contributed by atoms with Crippen molar-refractivity contribution in [2.24, 2.45) is 7.05 Å². The molecule has 7 nitrogen and oxygen atoms in total. The van der Waals surface area contributed by atoms with Gasteiger partial charge in [-0.3, -0.25) is 9.59 Å². The summed E-state index contributed by atoms with van der Waals surface area (Å²) in [6.45, 7) is 3.62. The van der Waals surface area contributed by atoms with E-state index in [4.69, 9.17) is 0 Å². The lowest BCUT2D eigenvalue weighted by molar-refractivity contribution is -0.137. The molecule has 0 spiro atoms. The van der Waals surface area contributed by atoms with Gasteiger partial charge in [0.2, 0.25) is 5.91 Å². The molecular weight excluding hydrogens is 455 g/mol. The number of alkyl halides is 3. The highest BCUT2D eigenvalue weighted by molar-refractivity contribution is 7.99. The second-order valence-corrected chi connectivity index (χ2v) is 8.27. The molecule has 1 heterocycles. The zero-order valence-electron chi connectivity index (χ0n) is 18.1. The van der Waals surface area contributed by atoms with Crippen LogP contribution in [0.2, 0.25) is 0 Å². The van der Waals surface area contributed by atoms with E-state index in [1.807, 2.05) is 19.1 Å². The Morgan fingerprint density at radius 2 is 1.85 bits per heavy atom. The number of hydrogen-bond donors (Lipinski definition) is 2. The van der Waals surface area contributed by atoms with Crippen LogP contribution in [0.4, 0.5) is 18.9 Å². The predicted molar refractivity (Wildman–Crippen MR) is 119 cm³/mol. The summed E-state index contributed by atoms with van der Waals surface area (Å²) in [5, 5.41) is 13.9. The molecule has 1 unspecified atom stereocenters. The number of rotatable bonds is 7. The number of carbonyl (C=O) groups is 2. The van der Waals surface area contributed by atoms with Crippen LogP contribution in [0.15, 0.2) is 53.7 Å². The van der Waals surface area contributed by atoms with Crippen molar-refractivity contribution in [3.63, 3.8) is 0 Å². The highest BCUT2D eigenvalue weighted by atomic mass is 32.2. The quantitative estimate of drug-likeness (QED) is 0.494. The van der Waals surface area contributed by atoms with Crippen LogP contribution >= 0.6 is 11.8 Å². The molecule has 1 atom stereocenters. The van der Waals surface area contributed by atoms with Crippen molar-refractivity contribution in [2.75, 3.05) is 11.1 Å². The first-order valence-electron chi connectivity index (χ1n) is 9.92. The van der Waals surface area contributed by atoms with Crippen molar-refractivity contribution >= 4 is 29.3 Å². The van der Waals surface area contributed by atoms with Crippen molar-refractivity contribution in [2.45, 2.75) is 31.2 Å². The smallest absolute Gasteiger partial charge is 0.342 e. The van der Waals surface area contributed by atoms with Gasteiger partial charge in [0.1, 0.15) is 0 Å². The SMILES string of the molecule is Cc1ccccc1C(=O)NC(C)c1nnc(SCC(=O)Nc2cccc(C(F)(F)F)c2)n1C. The minimum absolute atomic E-state index is 0.0571. The third-order valence-electron chi connectivity index (χ3n) is 4.80. The number of nitrogens with one attached hydrogen (secondary N) is 2. The maximum absolute atomic E-state index is 12.8. The van der Waals surface area contributed by atoms with E-state index < -0.39 is 23.7 Å². The molecule has 174 valence electrons. The second kappa shape index (κ2) is 10.1. The molecular formula is C22H22F3N5O2S. The van der Waals surface area contributed by atoms with Gasteiger partial charge < -0.3 is 15.2 Å². The second-order valence-electron chi connectivity index (χ2n) is 7.33. The van der Waals surface area contributed by atoms with Crippen LogP contribution in [0, 0.1) is 6.92 Å². The Kier molecular flexibility index (Phi) is 7.42. The molecule has 0 aliphatic heterocycles. The number of aryl methyl sites for hydroxylation is 1. The van der Waals surface area contributed by atoms with Crippen molar-refractivity contribution in [3.8, 4) is 0 Å². The molecule has 2 N–H and O–H groups in total. The molecule has 0 bridgehead atoms. The average molecular weight is 478 g/mol. The third-order valence-corrected chi connectivity index (χ3v) is 5.82. The molecule has 0 radical (unpaired) electrons. The van der Waals surface area contributed by atoms with Gasteiger partial charge in [0.15, 0.2) is 11.0 Å². The molecule has 33 heavy (non-hydrogen) atoms. The molecule has 0 aliphatic rings. The van der Waals surface area contributed by atoms with Gasteiger partial charge in [-0.2, -0.15) is 13.2 Å². The molecule has 0 saturated heterocycles. The number of benzene rings is 2. The Labute approximate surface area is 192 Å². The molecule has 1 aromatic heterocycles. The first-order valence-corrected chi connectivity index (χ1v) is 10.9. The van der Waals surface area contributed by atoms with Crippen molar-refractivity contribution in [3.05, 3.63) is 71.0 Å². The number of hydrogen-bond acceptors (Lipinski definition) is 5. The van der Waals surface area contributed by atoms with E-state index in [0.29, 0.717) is 16.5 Å². The van der Waals surface area contributed by atoms with Gasteiger partial charge in [-0.25, -0.2) is 0 Å². The van der Waals surface area contributed by atoms with E-state index >= 15 is 0 Å². The molecule has 2 amide bonds. The summed E-state index contributed by atoms with van der Waals surface area (Å²) < 4.78 is 40.1. The summed E-state index contributed by atoms with van der Waals surface area (Å²) in [6, 6.07) is 11.2. The minimum Gasteiger partial charge on any atom is -0.342 e. The number of thioether (sulfide) groups is 1. The molecule has 2 aromatic carbocycles. The molecule has 3 rings (SSSR count). The Hall–Kier alpha value is -3.34. The summed E-state index contributed by atoms with van der Waals surface area (Å²) >= 11 is 1.08. The normalized spacial score (nSPS) is 12.3. The standard InChI is InChI=1S/C22H22F3N5O2S/c1-13-7-4-5-10-17(13)20(32)26-14(2)19-28-29-21(30(19)3)33-12-18(31)27-16-9-6-8-15(11-16)22(23,24)25/h4-11,14H,12H2,1-3H3,(H,26,32)(H,27,31). The van der Waals surface area contributed by atoms with Gasteiger partial charge in [0.05, 0.1) is 17.4 Å². The highest BCUT2D eigenvalue weighted by Crippen LogP contribution is 2.30. The Balaban J connectivity index is 1.59. The summed E-state index contributed by atoms with van der Waals surface area (Å²) in [5.41, 5.74) is 0.629. The summed E-state index contributed by atoms with van der Waals surface area (Å²) in [6.07, 6.45) is -4.49. The Morgan fingerprint density at radius 3 is 2.55 bits per heavy atom. The van der Waals surface area contributed by atoms with E-state index in [1.165, 1.54) is 12.1 Å². The van der Waals surface area contributed by atoms with E-state index in [0.717, 1.165) is 29.5 Å². The fraction of sp³-hybridized carbons (Fsp3) is 0.273. The summed E-state index contributed by atoms with van der Waals surface area (Å²) in [7, 11) is 1.71. The van der Waals surface area contributed by atoms with Gasteiger partial charge in [-0.15, -0.1) is 10.2 Å². The lowest BCUT2D eigenvalue weighted by Crippen LogP contribution is -2.29. The van der Waals surface area contributed by atoms with Crippen LogP contribution in [0.5, 0.6) is 0 Å².